The van der Waals surface area contributed by atoms with E-state index in [0.29, 0.717) is 12.1 Å². The molecule has 0 radical (unpaired) electrons. The lowest BCUT2D eigenvalue weighted by Gasteiger charge is -2.32. The van der Waals surface area contributed by atoms with Gasteiger partial charge < -0.3 is 4.90 Å². The van der Waals surface area contributed by atoms with Gasteiger partial charge in [-0.2, -0.15) is 0 Å². The molecule has 0 aromatic heterocycles. The van der Waals surface area contributed by atoms with Crippen LogP contribution in [0.25, 0.3) is 0 Å². The van der Waals surface area contributed by atoms with Crippen LogP contribution < -0.4 is 9.62 Å². The number of carbonyl (C=O) groups is 1. The molecule has 1 N–H and O–H groups in total. The molecule has 1 aliphatic heterocycles. The lowest BCUT2D eigenvalue weighted by Crippen LogP contribution is -2.42. The van der Waals surface area contributed by atoms with E-state index < -0.39 is 10.0 Å². The Kier molecular flexibility index (Phi) is 4.46. The van der Waals surface area contributed by atoms with Crippen molar-refractivity contribution in [2.45, 2.75) is 50.5 Å². The molecule has 1 saturated carbocycles. The van der Waals surface area contributed by atoms with E-state index in [2.05, 4.69) is 4.72 Å². The van der Waals surface area contributed by atoms with E-state index in [9.17, 15) is 13.2 Å². The first-order valence-electron chi connectivity index (χ1n) is 9.40. The summed E-state index contributed by atoms with van der Waals surface area (Å²) < 4.78 is 28.2. The highest BCUT2D eigenvalue weighted by Gasteiger charge is 2.37. The standard InChI is InChI=1S/C21H24N2O3S/c1-14-5-3-8-18(11-14)22-27(25,26)19-9-10-20-17(13-19)12-15(2)23(20)21(24)16-6-4-7-16/h3,5,8-11,13,15-16,22H,4,6-7,12H2,1-2H3. The molecule has 1 aliphatic carbocycles. The number of nitrogens with zero attached hydrogens (tertiary/aromatic N) is 1. The van der Waals surface area contributed by atoms with Crippen molar-refractivity contribution in [1.29, 1.82) is 0 Å². The number of anilines is 2. The number of nitrogens with one attached hydrogen (secondary N) is 1. The van der Waals surface area contributed by atoms with Gasteiger partial charge in [-0.3, -0.25) is 9.52 Å². The first-order valence-corrected chi connectivity index (χ1v) is 10.9. The van der Waals surface area contributed by atoms with Crippen LogP contribution in [0, 0.1) is 12.8 Å². The van der Waals surface area contributed by atoms with Crippen molar-refractivity contribution in [2.24, 2.45) is 5.92 Å². The van der Waals surface area contributed by atoms with Crippen molar-refractivity contribution < 1.29 is 13.2 Å². The van der Waals surface area contributed by atoms with Crippen LogP contribution in [0.1, 0.15) is 37.3 Å². The van der Waals surface area contributed by atoms with E-state index in [4.69, 9.17) is 0 Å². The lowest BCUT2D eigenvalue weighted by atomic mass is 9.84. The second-order valence-electron chi connectivity index (χ2n) is 7.65. The molecule has 2 aliphatic rings. The fourth-order valence-corrected chi connectivity index (χ4v) is 4.98. The maximum absolute atomic E-state index is 12.8. The zero-order valence-corrected chi connectivity index (χ0v) is 16.4. The number of amides is 1. The van der Waals surface area contributed by atoms with Crippen molar-refractivity contribution >= 4 is 27.3 Å². The van der Waals surface area contributed by atoms with Gasteiger partial charge in [-0.25, -0.2) is 8.42 Å². The third-order valence-electron chi connectivity index (χ3n) is 5.54. The van der Waals surface area contributed by atoms with E-state index in [1.54, 1.807) is 30.3 Å². The van der Waals surface area contributed by atoms with E-state index >= 15 is 0 Å². The summed E-state index contributed by atoms with van der Waals surface area (Å²) in [5.74, 6) is 0.311. The molecule has 6 heteroatoms. The molecule has 2 aromatic rings. The van der Waals surface area contributed by atoms with Crippen LogP contribution >= 0.6 is 0 Å². The number of aryl methyl sites for hydroxylation is 1. The third-order valence-corrected chi connectivity index (χ3v) is 6.92. The number of carbonyl (C=O) groups excluding carboxylic acids is 1. The van der Waals surface area contributed by atoms with Crippen molar-refractivity contribution in [1.82, 2.24) is 0 Å². The second-order valence-corrected chi connectivity index (χ2v) is 9.34. The summed E-state index contributed by atoms with van der Waals surface area (Å²) >= 11 is 0. The molecule has 0 saturated heterocycles. The lowest BCUT2D eigenvalue weighted by molar-refractivity contribution is -0.125. The smallest absolute Gasteiger partial charge is 0.261 e. The Morgan fingerprint density at radius 1 is 1.15 bits per heavy atom. The highest BCUT2D eigenvalue weighted by molar-refractivity contribution is 7.92. The molecule has 5 nitrogen and oxygen atoms in total. The van der Waals surface area contributed by atoms with Gasteiger partial charge in [0.05, 0.1) is 4.90 Å². The van der Waals surface area contributed by atoms with Gasteiger partial charge in [0.25, 0.3) is 10.0 Å². The average molecular weight is 385 g/mol. The van der Waals surface area contributed by atoms with Gasteiger partial charge in [0.2, 0.25) is 5.91 Å². The minimum absolute atomic E-state index is 0.0655. The zero-order chi connectivity index (χ0) is 19.2. The number of fused-ring (bicyclic) bond motifs is 1. The summed E-state index contributed by atoms with van der Waals surface area (Å²) in [7, 11) is -3.67. The summed E-state index contributed by atoms with van der Waals surface area (Å²) in [4.78, 5) is 14.8. The Morgan fingerprint density at radius 2 is 1.93 bits per heavy atom. The zero-order valence-electron chi connectivity index (χ0n) is 15.6. The van der Waals surface area contributed by atoms with Gasteiger partial charge in [0.15, 0.2) is 0 Å². The van der Waals surface area contributed by atoms with Crippen LogP contribution in [0.4, 0.5) is 11.4 Å². The normalized spacial score (nSPS) is 19.5. The molecule has 1 unspecified atom stereocenters. The Morgan fingerprint density at radius 3 is 2.59 bits per heavy atom. The maximum Gasteiger partial charge on any atom is 0.261 e. The topological polar surface area (TPSA) is 66.5 Å². The molecular weight excluding hydrogens is 360 g/mol. The molecule has 27 heavy (non-hydrogen) atoms. The fraction of sp³-hybridized carbons (Fsp3) is 0.381. The van der Waals surface area contributed by atoms with Crippen molar-refractivity contribution in [3.63, 3.8) is 0 Å². The Balaban J connectivity index is 1.61. The quantitative estimate of drug-likeness (QED) is 0.870. The first-order chi connectivity index (χ1) is 12.8. The van der Waals surface area contributed by atoms with Gasteiger partial charge in [-0.15, -0.1) is 0 Å². The SMILES string of the molecule is Cc1cccc(NS(=O)(=O)c2ccc3c(c2)CC(C)N3C(=O)C2CCC2)c1. The van der Waals surface area contributed by atoms with Gasteiger partial charge >= 0.3 is 0 Å². The molecule has 0 bridgehead atoms. The van der Waals surface area contributed by atoms with Crippen molar-refractivity contribution in [3.8, 4) is 0 Å². The predicted molar refractivity (Wildman–Crippen MR) is 106 cm³/mol. The molecule has 4 rings (SSSR count). The van der Waals surface area contributed by atoms with Crippen LogP contribution in [0.3, 0.4) is 0 Å². The molecule has 1 fully saturated rings. The monoisotopic (exact) mass is 384 g/mol. The van der Waals surface area contributed by atoms with Crippen molar-refractivity contribution in [3.05, 3.63) is 53.6 Å². The van der Waals surface area contributed by atoms with E-state index in [1.165, 1.54) is 0 Å². The van der Waals surface area contributed by atoms with Crippen molar-refractivity contribution in [2.75, 3.05) is 9.62 Å². The average Bonchev–Trinajstić information content (AvgIpc) is 2.87. The highest BCUT2D eigenvalue weighted by Crippen LogP contribution is 2.38. The summed E-state index contributed by atoms with van der Waals surface area (Å²) in [5.41, 5.74) is 3.31. The highest BCUT2D eigenvalue weighted by atomic mass is 32.2. The number of hydrogen-bond acceptors (Lipinski definition) is 3. The van der Waals surface area contributed by atoms with Crippen LogP contribution in [-0.4, -0.2) is 20.4 Å². The molecule has 2 aromatic carbocycles. The minimum Gasteiger partial charge on any atom is -0.309 e. The largest absolute Gasteiger partial charge is 0.309 e. The number of sulfonamides is 1. The molecule has 1 amide bonds. The number of benzene rings is 2. The summed E-state index contributed by atoms with van der Waals surface area (Å²) in [5, 5.41) is 0. The van der Waals surface area contributed by atoms with E-state index in [-0.39, 0.29) is 22.8 Å². The van der Waals surface area contributed by atoms with Crippen LogP contribution in [0.2, 0.25) is 0 Å². The van der Waals surface area contributed by atoms with E-state index in [0.717, 1.165) is 36.1 Å². The molecular formula is C21H24N2O3S. The van der Waals surface area contributed by atoms with Gasteiger partial charge in [-0.1, -0.05) is 18.6 Å². The molecule has 1 heterocycles. The summed E-state index contributed by atoms with van der Waals surface area (Å²) in [6.07, 6.45) is 3.73. The predicted octanol–water partition coefficient (Wildman–Crippen LogP) is 3.87. The maximum atomic E-state index is 12.8. The molecule has 0 spiro atoms. The van der Waals surface area contributed by atoms with Crippen LogP contribution in [0.5, 0.6) is 0 Å². The number of hydrogen-bond donors (Lipinski definition) is 1. The third kappa shape index (κ3) is 3.34. The Labute approximate surface area is 160 Å². The van der Waals surface area contributed by atoms with Gasteiger partial charge in [0, 0.05) is 23.3 Å². The Bertz CT molecular complexity index is 996. The van der Waals surface area contributed by atoms with Crippen LogP contribution in [0.15, 0.2) is 47.4 Å². The van der Waals surface area contributed by atoms with E-state index in [1.807, 2.05) is 30.9 Å². The van der Waals surface area contributed by atoms with Gasteiger partial charge in [-0.05, 0) is 74.6 Å². The molecule has 1 atom stereocenters. The number of rotatable bonds is 4. The molecule has 142 valence electrons. The summed E-state index contributed by atoms with van der Waals surface area (Å²) in [6, 6.07) is 12.4. The van der Waals surface area contributed by atoms with Gasteiger partial charge in [0.1, 0.15) is 0 Å². The second kappa shape index (κ2) is 6.68. The first kappa shape index (κ1) is 18.0. The summed E-state index contributed by atoms with van der Waals surface area (Å²) in [6.45, 7) is 3.94. The fourth-order valence-electron chi connectivity index (χ4n) is 3.88. The Hall–Kier alpha value is -2.34. The van der Waals surface area contributed by atoms with Crippen LogP contribution in [-0.2, 0) is 21.2 Å². The minimum atomic E-state index is -3.67.